The number of amides is 2. The van der Waals surface area contributed by atoms with Crippen LogP contribution in [0.3, 0.4) is 0 Å². The molecule has 2 aliphatic rings. The van der Waals surface area contributed by atoms with Gasteiger partial charge in [-0.1, -0.05) is 18.2 Å². The molecule has 0 aliphatic carbocycles. The molecule has 1 fully saturated rings. The number of piperidine rings is 1. The first-order valence-electron chi connectivity index (χ1n) is 9.57. The van der Waals surface area contributed by atoms with E-state index < -0.39 is 0 Å². The topological polar surface area (TPSA) is 68.6 Å². The Morgan fingerprint density at radius 2 is 1.96 bits per heavy atom. The van der Waals surface area contributed by atoms with Gasteiger partial charge in [0.2, 0.25) is 0 Å². The normalized spacial score (nSPS) is 17.8. The fourth-order valence-electron chi connectivity index (χ4n) is 4.34. The lowest BCUT2D eigenvalue weighted by molar-refractivity contribution is 0.182. The first-order chi connectivity index (χ1) is 13.6. The van der Waals surface area contributed by atoms with Crippen LogP contribution in [0.25, 0.3) is 0 Å². The molecule has 0 bridgehead atoms. The van der Waals surface area contributed by atoms with Gasteiger partial charge in [-0.15, -0.1) is 0 Å². The molecule has 2 aromatic carbocycles. The Balaban J connectivity index is 1.62. The highest BCUT2D eigenvalue weighted by Gasteiger charge is 2.46. The second kappa shape index (κ2) is 7.53. The van der Waals surface area contributed by atoms with E-state index >= 15 is 0 Å². The van der Waals surface area contributed by atoms with Crippen LogP contribution in [0.1, 0.15) is 18.4 Å². The van der Waals surface area contributed by atoms with Gasteiger partial charge in [0.1, 0.15) is 5.75 Å². The largest absolute Gasteiger partial charge is 0.497 e. The lowest BCUT2D eigenvalue weighted by Crippen LogP contribution is -2.46. The number of benzene rings is 2. The van der Waals surface area contributed by atoms with Crippen molar-refractivity contribution in [3.8, 4) is 11.8 Å². The van der Waals surface area contributed by atoms with Crippen LogP contribution >= 0.6 is 0 Å². The Morgan fingerprint density at radius 3 is 2.64 bits per heavy atom. The predicted octanol–water partition coefficient (Wildman–Crippen LogP) is 3.60. The molecule has 2 heterocycles. The maximum atomic E-state index is 13.1. The van der Waals surface area contributed by atoms with Crippen LogP contribution in [0.4, 0.5) is 16.2 Å². The van der Waals surface area contributed by atoms with Gasteiger partial charge in [-0.25, -0.2) is 4.79 Å². The number of nitriles is 1. The summed E-state index contributed by atoms with van der Waals surface area (Å²) in [4.78, 5) is 17.1. The van der Waals surface area contributed by atoms with Gasteiger partial charge in [-0.05, 0) is 48.7 Å². The van der Waals surface area contributed by atoms with E-state index in [-0.39, 0.29) is 11.4 Å². The third kappa shape index (κ3) is 3.30. The van der Waals surface area contributed by atoms with Crippen molar-refractivity contribution in [2.75, 3.05) is 43.5 Å². The molecule has 6 heteroatoms. The number of para-hydroxylation sites is 1. The van der Waals surface area contributed by atoms with Gasteiger partial charge < -0.3 is 10.1 Å². The first-order valence-corrected chi connectivity index (χ1v) is 9.57. The Kier molecular flexibility index (Phi) is 4.93. The number of methoxy groups -OCH3 is 1. The van der Waals surface area contributed by atoms with Crippen molar-refractivity contribution in [3.05, 3.63) is 54.1 Å². The van der Waals surface area contributed by atoms with E-state index in [4.69, 9.17) is 10.00 Å². The Labute approximate surface area is 165 Å². The number of anilines is 2. The Hall–Kier alpha value is -3.04. The van der Waals surface area contributed by atoms with Crippen LogP contribution in [0.15, 0.2) is 48.5 Å². The molecule has 1 saturated heterocycles. The first kappa shape index (κ1) is 18.3. The van der Waals surface area contributed by atoms with Crippen LogP contribution in [0, 0.1) is 11.3 Å². The average molecular weight is 376 g/mol. The molecule has 0 atom stereocenters. The van der Waals surface area contributed by atoms with Crippen LogP contribution in [-0.2, 0) is 5.41 Å². The minimum absolute atomic E-state index is 0.0934. The van der Waals surface area contributed by atoms with Gasteiger partial charge in [0, 0.05) is 36.4 Å². The third-order valence-corrected chi connectivity index (χ3v) is 5.90. The summed E-state index contributed by atoms with van der Waals surface area (Å²) in [5.74, 6) is 0.808. The molecule has 4 rings (SSSR count). The van der Waals surface area contributed by atoms with E-state index in [9.17, 15) is 4.79 Å². The number of urea groups is 1. The molecular weight excluding hydrogens is 352 g/mol. The number of carbonyl (C=O) groups is 1. The zero-order chi connectivity index (χ0) is 19.6. The highest BCUT2D eigenvalue weighted by molar-refractivity contribution is 6.03. The maximum Gasteiger partial charge on any atom is 0.326 e. The third-order valence-electron chi connectivity index (χ3n) is 5.90. The number of ether oxygens (including phenoxy) is 1. The summed E-state index contributed by atoms with van der Waals surface area (Å²) in [7, 11) is 1.67. The minimum atomic E-state index is -0.117. The smallest absolute Gasteiger partial charge is 0.326 e. The number of carbonyl (C=O) groups excluding carboxylic acids is 1. The van der Waals surface area contributed by atoms with Crippen LogP contribution in [-0.4, -0.2) is 44.2 Å². The Bertz CT molecular complexity index is 898. The standard InChI is InChI=1S/C22H24N4O2/c1-28-18-7-8-20-19(15-18)22(9-12-25(13-10-22)14-11-23)16-26(20)21(27)24-17-5-3-2-4-6-17/h2-8,15H,9-10,12-14,16H2,1H3,(H,24,27). The zero-order valence-corrected chi connectivity index (χ0v) is 16.0. The van der Waals surface area contributed by atoms with Crippen LogP contribution < -0.4 is 15.0 Å². The molecule has 2 amide bonds. The monoisotopic (exact) mass is 376 g/mol. The van der Waals surface area contributed by atoms with Gasteiger partial charge >= 0.3 is 6.03 Å². The van der Waals surface area contributed by atoms with Crippen molar-refractivity contribution in [1.29, 1.82) is 5.26 Å². The van der Waals surface area contributed by atoms with Gasteiger partial charge in [-0.2, -0.15) is 5.26 Å². The molecule has 0 radical (unpaired) electrons. The van der Waals surface area contributed by atoms with E-state index in [1.807, 2.05) is 47.4 Å². The lowest BCUT2D eigenvalue weighted by atomic mass is 9.74. The van der Waals surface area contributed by atoms with Gasteiger partial charge in [0.05, 0.1) is 19.7 Å². The molecule has 2 aliphatic heterocycles. The SMILES string of the molecule is COc1ccc2c(c1)C1(CCN(CC#N)CC1)CN2C(=O)Nc1ccccc1. The van der Waals surface area contributed by atoms with E-state index in [0.29, 0.717) is 13.1 Å². The van der Waals surface area contributed by atoms with E-state index in [1.165, 1.54) is 5.56 Å². The average Bonchev–Trinajstić information content (AvgIpc) is 3.04. The number of fused-ring (bicyclic) bond motifs is 2. The second-order valence-corrected chi connectivity index (χ2v) is 7.48. The summed E-state index contributed by atoms with van der Waals surface area (Å²) >= 11 is 0. The predicted molar refractivity (Wildman–Crippen MR) is 109 cm³/mol. The minimum Gasteiger partial charge on any atom is -0.497 e. The zero-order valence-electron chi connectivity index (χ0n) is 16.0. The summed E-state index contributed by atoms with van der Waals surface area (Å²) in [6.07, 6.45) is 1.84. The van der Waals surface area contributed by atoms with E-state index in [2.05, 4.69) is 22.4 Å². The van der Waals surface area contributed by atoms with Crippen LogP contribution in [0.5, 0.6) is 5.75 Å². The molecule has 6 nitrogen and oxygen atoms in total. The van der Waals surface area contributed by atoms with Crippen molar-refractivity contribution in [3.63, 3.8) is 0 Å². The van der Waals surface area contributed by atoms with Crippen LogP contribution in [0.2, 0.25) is 0 Å². The quantitative estimate of drug-likeness (QED) is 0.831. The van der Waals surface area contributed by atoms with Crippen molar-refractivity contribution in [1.82, 2.24) is 4.90 Å². The Morgan fingerprint density at radius 1 is 1.21 bits per heavy atom. The fraction of sp³-hybridized carbons (Fsp3) is 0.364. The van der Waals surface area contributed by atoms with Crippen molar-refractivity contribution >= 4 is 17.4 Å². The maximum absolute atomic E-state index is 13.1. The number of nitrogens with zero attached hydrogens (tertiary/aromatic N) is 3. The number of hydrogen-bond acceptors (Lipinski definition) is 4. The molecule has 0 saturated carbocycles. The molecule has 144 valence electrons. The molecule has 28 heavy (non-hydrogen) atoms. The van der Waals surface area contributed by atoms with Gasteiger partial charge in [-0.3, -0.25) is 9.80 Å². The summed E-state index contributed by atoms with van der Waals surface area (Å²) in [5, 5.41) is 12.0. The summed E-state index contributed by atoms with van der Waals surface area (Å²) < 4.78 is 5.45. The highest BCUT2D eigenvalue weighted by atomic mass is 16.5. The number of hydrogen-bond donors (Lipinski definition) is 1. The number of likely N-dealkylation sites (tertiary alicyclic amines) is 1. The second-order valence-electron chi connectivity index (χ2n) is 7.48. The molecule has 1 spiro atoms. The van der Waals surface area contributed by atoms with Crippen molar-refractivity contribution < 1.29 is 9.53 Å². The van der Waals surface area contributed by atoms with Crippen molar-refractivity contribution in [2.45, 2.75) is 18.3 Å². The molecule has 1 N–H and O–H groups in total. The summed E-state index contributed by atoms with van der Waals surface area (Å²) in [6, 6.07) is 17.6. The highest BCUT2D eigenvalue weighted by Crippen LogP contribution is 2.48. The molecular formula is C22H24N4O2. The summed E-state index contributed by atoms with van der Waals surface area (Å²) in [5.41, 5.74) is 2.81. The molecule has 2 aromatic rings. The van der Waals surface area contributed by atoms with Crippen molar-refractivity contribution in [2.24, 2.45) is 0 Å². The number of rotatable bonds is 3. The number of nitrogens with one attached hydrogen (secondary N) is 1. The van der Waals surface area contributed by atoms with Gasteiger partial charge in [0.25, 0.3) is 0 Å². The molecule has 0 unspecified atom stereocenters. The van der Waals surface area contributed by atoms with E-state index in [1.54, 1.807) is 7.11 Å². The van der Waals surface area contributed by atoms with Gasteiger partial charge in [0.15, 0.2) is 0 Å². The van der Waals surface area contributed by atoms with E-state index in [0.717, 1.165) is 43.1 Å². The fourth-order valence-corrected chi connectivity index (χ4v) is 4.34. The summed E-state index contributed by atoms with van der Waals surface area (Å²) in [6.45, 7) is 2.82. The lowest BCUT2D eigenvalue weighted by Gasteiger charge is -2.39. The molecule has 0 aromatic heterocycles.